The van der Waals surface area contributed by atoms with Gasteiger partial charge in [0, 0.05) is 16.7 Å². The van der Waals surface area contributed by atoms with Crippen LogP contribution in [-0.2, 0) is 0 Å². The Morgan fingerprint density at radius 2 is 1.81 bits per heavy atom. The van der Waals surface area contributed by atoms with Crippen LogP contribution in [0.25, 0.3) is 22.5 Å². The van der Waals surface area contributed by atoms with Gasteiger partial charge in [0.05, 0.1) is 11.4 Å². The quantitative estimate of drug-likeness (QED) is 0.688. The molecule has 104 valence electrons. The standard InChI is InChI=1S/C16H13N3O2/c17-16(21)13-4-2-1-3-12(13)15-9-14(18-19-15)10-5-7-11(20)8-6-10/h1-9,20H,(H2,17,21)(H,18,19). The first-order valence-corrected chi connectivity index (χ1v) is 6.39. The Morgan fingerprint density at radius 3 is 2.52 bits per heavy atom. The van der Waals surface area contributed by atoms with Gasteiger partial charge in [0.15, 0.2) is 0 Å². The van der Waals surface area contributed by atoms with E-state index in [9.17, 15) is 9.90 Å². The SMILES string of the molecule is NC(=O)c1ccccc1-c1cc(-c2ccc(O)cc2)n[nH]1. The Balaban J connectivity index is 2.03. The highest BCUT2D eigenvalue weighted by atomic mass is 16.3. The van der Waals surface area contributed by atoms with Crippen molar-refractivity contribution in [3.05, 3.63) is 60.2 Å². The van der Waals surface area contributed by atoms with Gasteiger partial charge in [-0.1, -0.05) is 18.2 Å². The molecule has 0 bridgehead atoms. The first kappa shape index (κ1) is 12.9. The Kier molecular flexibility index (Phi) is 3.16. The lowest BCUT2D eigenvalue weighted by Crippen LogP contribution is -2.12. The summed E-state index contributed by atoms with van der Waals surface area (Å²) in [5.41, 5.74) is 8.85. The molecular formula is C16H13N3O2. The van der Waals surface area contributed by atoms with Crippen LogP contribution in [0.4, 0.5) is 0 Å². The summed E-state index contributed by atoms with van der Waals surface area (Å²) >= 11 is 0. The number of rotatable bonds is 3. The van der Waals surface area contributed by atoms with Crippen LogP contribution in [0.1, 0.15) is 10.4 Å². The van der Waals surface area contributed by atoms with E-state index >= 15 is 0 Å². The van der Waals surface area contributed by atoms with E-state index in [0.717, 1.165) is 11.3 Å². The highest BCUT2D eigenvalue weighted by Gasteiger charge is 2.12. The second kappa shape index (κ2) is 5.13. The van der Waals surface area contributed by atoms with Gasteiger partial charge in [0.2, 0.25) is 5.91 Å². The molecule has 0 atom stereocenters. The number of carbonyl (C=O) groups is 1. The van der Waals surface area contributed by atoms with Gasteiger partial charge >= 0.3 is 0 Å². The summed E-state index contributed by atoms with van der Waals surface area (Å²) in [5.74, 6) is -0.278. The molecule has 0 aliphatic rings. The number of primary amides is 1. The fraction of sp³-hybridized carbons (Fsp3) is 0. The number of H-pyrrole nitrogens is 1. The fourth-order valence-electron chi connectivity index (χ4n) is 2.17. The van der Waals surface area contributed by atoms with Crippen LogP contribution in [0.2, 0.25) is 0 Å². The first-order valence-electron chi connectivity index (χ1n) is 6.39. The first-order chi connectivity index (χ1) is 10.1. The maximum absolute atomic E-state index is 11.5. The lowest BCUT2D eigenvalue weighted by Gasteiger charge is -2.03. The minimum absolute atomic E-state index is 0.202. The van der Waals surface area contributed by atoms with Crippen molar-refractivity contribution in [2.75, 3.05) is 0 Å². The zero-order valence-electron chi connectivity index (χ0n) is 11.1. The Hall–Kier alpha value is -3.08. The zero-order valence-corrected chi connectivity index (χ0v) is 11.1. The van der Waals surface area contributed by atoms with E-state index in [2.05, 4.69) is 10.2 Å². The number of phenolic OH excluding ortho intramolecular Hbond substituents is 1. The van der Waals surface area contributed by atoms with Gasteiger partial charge in [-0.05, 0) is 36.4 Å². The number of amides is 1. The molecule has 5 nitrogen and oxygen atoms in total. The van der Waals surface area contributed by atoms with Crippen LogP contribution in [0.3, 0.4) is 0 Å². The van der Waals surface area contributed by atoms with Crippen molar-refractivity contribution in [2.24, 2.45) is 5.73 Å². The topological polar surface area (TPSA) is 92.0 Å². The molecule has 1 amide bonds. The van der Waals surface area contributed by atoms with Crippen LogP contribution in [0.5, 0.6) is 5.75 Å². The second-order valence-electron chi connectivity index (χ2n) is 4.62. The van der Waals surface area contributed by atoms with E-state index in [1.165, 1.54) is 0 Å². The number of benzene rings is 2. The molecule has 5 heteroatoms. The Labute approximate surface area is 121 Å². The summed E-state index contributed by atoms with van der Waals surface area (Å²) < 4.78 is 0. The number of nitrogens with one attached hydrogen (secondary N) is 1. The molecule has 0 aliphatic heterocycles. The summed E-state index contributed by atoms with van der Waals surface area (Å²) in [4.78, 5) is 11.5. The molecule has 0 unspecified atom stereocenters. The summed E-state index contributed by atoms with van der Waals surface area (Å²) in [6, 6.07) is 15.7. The van der Waals surface area contributed by atoms with E-state index in [-0.39, 0.29) is 5.75 Å². The molecular weight excluding hydrogens is 266 g/mol. The van der Waals surface area contributed by atoms with E-state index in [1.54, 1.807) is 36.4 Å². The summed E-state index contributed by atoms with van der Waals surface area (Å²) in [6.45, 7) is 0. The average molecular weight is 279 g/mol. The van der Waals surface area contributed by atoms with E-state index in [0.29, 0.717) is 16.8 Å². The molecule has 0 saturated carbocycles. The molecule has 3 rings (SSSR count). The molecule has 0 spiro atoms. The number of phenols is 1. The highest BCUT2D eigenvalue weighted by molar-refractivity contribution is 5.99. The second-order valence-corrected chi connectivity index (χ2v) is 4.62. The van der Waals surface area contributed by atoms with E-state index in [1.807, 2.05) is 18.2 Å². The molecule has 0 radical (unpaired) electrons. The van der Waals surface area contributed by atoms with Gasteiger partial charge in [0.1, 0.15) is 5.75 Å². The number of hydrogen-bond donors (Lipinski definition) is 3. The van der Waals surface area contributed by atoms with Crippen molar-refractivity contribution in [1.82, 2.24) is 10.2 Å². The molecule has 1 heterocycles. The number of aromatic nitrogens is 2. The van der Waals surface area contributed by atoms with Crippen molar-refractivity contribution < 1.29 is 9.90 Å². The van der Waals surface area contributed by atoms with Crippen LogP contribution >= 0.6 is 0 Å². The zero-order chi connectivity index (χ0) is 14.8. The molecule has 2 aromatic carbocycles. The number of aromatic amines is 1. The number of nitrogens with zero attached hydrogens (tertiary/aromatic N) is 1. The van der Waals surface area contributed by atoms with Crippen LogP contribution in [-0.4, -0.2) is 21.2 Å². The number of hydrogen-bond acceptors (Lipinski definition) is 3. The monoisotopic (exact) mass is 279 g/mol. The van der Waals surface area contributed by atoms with Crippen molar-refractivity contribution in [3.63, 3.8) is 0 Å². The summed E-state index contributed by atoms with van der Waals surface area (Å²) in [5, 5.41) is 16.4. The third-order valence-corrected chi connectivity index (χ3v) is 3.22. The maximum Gasteiger partial charge on any atom is 0.249 e. The molecule has 4 N–H and O–H groups in total. The van der Waals surface area contributed by atoms with Crippen molar-refractivity contribution >= 4 is 5.91 Å². The lowest BCUT2D eigenvalue weighted by atomic mass is 10.0. The van der Waals surface area contributed by atoms with Gasteiger partial charge in [0.25, 0.3) is 0 Å². The number of carbonyl (C=O) groups excluding carboxylic acids is 1. The summed E-state index contributed by atoms with van der Waals surface area (Å²) in [6.07, 6.45) is 0. The number of aromatic hydroxyl groups is 1. The molecule has 0 aliphatic carbocycles. The highest BCUT2D eigenvalue weighted by Crippen LogP contribution is 2.27. The molecule has 3 aromatic rings. The van der Waals surface area contributed by atoms with Crippen LogP contribution < -0.4 is 5.73 Å². The predicted octanol–water partition coefficient (Wildman–Crippen LogP) is 2.55. The van der Waals surface area contributed by atoms with Gasteiger partial charge in [-0.15, -0.1) is 0 Å². The number of nitrogens with two attached hydrogens (primary N) is 1. The third-order valence-electron chi connectivity index (χ3n) is 3.22. The molecule has 21 heavy (non-hydrogen) atoms. The summed E-state index contributed by atoms with van der Waals surface area (Å²) in [7, 11) is 0. The van der Waals surface area contributed by atoms with Crippen molar-refractivity contribution in [2.45, 2.75) is 0 Å². The minimum atomic E-state index is -0.480. The van der Waals surface area contributed by atoms with Crippen molar-refractivity contribution in [1.29, 1.82) is 0 Å². The van der Waals surface area contributed by atoms with Gasteiger partial charge in [-0.3, -0.25) is 9.89 Å². The maximum atomic E-state index is 11.5. The molecule has 1 aromatic heterocycles. The van der Waals surface area contributed by atoms with Gasteiger partial charge in [-0.2, -0.15) is 5.10 Å². The predicted molar refractivity (Wildman–Crippen MR) is 79.6 cm³/mol. The smallest absolute Gasteiger partial charge is 0.249 e. The average Bonchev–Trinajstić information content (AvgIpc) is 2.97. The van der Waals surface area contributed by atoms with Gasteiger partial charge < -0.3 is 10.8 Å². The van der Waals surface area contributed by atoms with E-state index < -0.39 is 5.91 Å². The Bertz CT molecular complexity index is 791. The van der Waals surface area contributed by atoms with Crippen LogP contribution in [0, 0.1) is 0 Å². The lowest BCUT2D eigenvalue weighted by molar-refractivity contribution is 0.100. The molecule has 0 saturated heterocycles. The molecule has 0 fully saturated rings. The van der Waals surface area contributed by atoms with Crippen LogP contribution in [0.15, 0.2) is 54.6 Å². The normalized spacial score (nSPS) is 10.5. The largest absolute Gasteiger partial charge is 0.508 e. The minimum Gasteiger partial charge on any atom is -0.508 e. The third kappa shape index (κ3) is 2.49. The Morgan fingerprint density at radius 1 is 1.10 bits per heavy atom. The van der Waals surface area contributed by atoms with E-state index in [4.69, 9.17) is 5.73 Å². The van der Waals surface area contributed by atoms with Gasteiger partial charge in [-0.25, -0.2) is 0 Å². The fourth-order valence-corrected chi connectivity index (χ4v) is 2.17. The van der Waals surface area contributed by atoms with Crippen molar-refractivity contribution in [3.8, 4) is 28.3 Å².